The molecule has 0 N–H and O–H groups in total. The van der Waals surface area contributed by atoms with Gasteiger partial charge in [0.15, 0.2) is 5.82 Å². The van der Waals surface area contributed by atoms with Gasteiger partial charge in [-0.25, -0.2) is 4.68 Å². The van der Waals surface area contributed by atoms with Crippen molar-refractivity contribution in [3.8, 4) is 34.1 Å². The average molecular weight is 603 g/mol. The highest BCUT2D eigenvalue weighted by Crippen LogP contribution is 2.31. The smallest absolute Gasteiger partial charge is 0.291 e. The van der Waals surface area contributed by atoms with E-state index in [2.05, 4.69) is 17.0 Å². The van der Waals surface area contributed by atoms with Crippen LogP contribution in [0.4, 0.5) is 0 Å². The van der Waals surface area contributed by atoms with Crippen LogP contribution >= 0.6 is 34.5 Å². The molecule has 6 aromatic rings. The number of thiazole rings is 1. The zero-order valence-corrected chi connectivity index (χ0v) is 24.7. The van der Waals surface area contributed by atoms with Crippen LogP contribution in [0.2, 0.25) is 10.0 Å². The predicted octanol–water partition coefficient (Wildman–Crippen LogP) is 7.01. The molecule has 0 radical (unpaired) electrons. The van der Waals surface area contributed by atoms with Gasteiger partial charge < -0.3 is 4.74 Å². The van der Waals surface area contributed by atoms with Crippen LogP contribution in [0.25, 0.3) is 39.4 Å². The van der Waals surface area contributed by atoms with Crippen molar-refractivity contribution in [2.45, 2.75) is 26.7 Å². The van der Waals surface area contributed by atoms with Crippen molar-refractivity contribution >= 4 is 45.6 Å². The summed E-state index contributed by atoms with van der Waals surface area (Å²) in [5, 5.41) is 10.3. The monoisotopic (exact) mass is 601 g/mol. The lowest BCUT2D eigenvalue weighted by Crippen LogP contribution is -2.23. The van der Waals surface area contributed by atoms with E-state index in [0.717, 1.165) is 46.7 Å². The van der Waals surface area contributed by atoms with Gasteiger partial charge >= 0.3 is 0 Å². The number of para-hydroxylation sites is 1. The van der Waals surface area contributed by atoms with Gasteiger partial charge in [0.2, 0.25) is 4.96 Å². The highest BCUT2D eigenvalue weighted by Gasteiger charge is 2.17. The van der Waals surface area contributed by atoms with Gasteiger partial charge in [-0.2, -0.15) is 14.6 Å². The number of nitrogens with zero attached hydrogens (tertiary/aromatic N) is 5. The van der Waals surface area contributed by atoms with Crippen LogP contribution in [0.1, 0.15) is 30.9 Å². The van der Waals surface area contributed by atoms with Gasteiger partial charge in [-0.15, -0.1) is 5.10 Å². The Bertz CT molecular complexity index is 1980. The molecule has 206 valence electrons. The molecule has 7 nitrogen and oxygen atoms in total. The minimum Gasteiger partial charge on any atom is -0.494 e. The van der Waals surface area contributed by atoms with E-state index in [1.54, 1.807) is 18.2 Å². The van der Waals surface area contributed by atoms with Gasteiger partial charge in [0.1, 0.15) is 11.4 Å². The second-order valence-electron chi connectivity index (χ2n) is 9.56. The molecular weight excluding hydrogens is 577 g/mol. The number of rotatable bonds is 8. The molecule has 10 heteroatoms. The molecule has 0 saturated carbocycles. The third kappa shape index (κ3) is 5.51. The number of fused-ring (bicyclic) bond motifs is 1. The number of aryl methyl sites for hydroxylation is 1. The highest BCUT2D eigenvalue weighted by atomic mass is 35.5. The minimum atomic E-state index is -0.261. The lowest BCUT2D eigenvalue weighted by molar-refractivity contribution is 0.309. The molecule has 0 bridgehead atoms. The molecule has 0 unspecified atom stereocenters. The van der Waals surface area contributed by atoms with Crippen LogP contribution < -0.4 is 14.8 Å². The van der Waals surface area contributed by atoms with Crippen molar-refractivity contribution in [1.82, 2.24) is 24.4 Å². The average Bonchev–Trinajstić information content (AvgIpc) is 3.64. The molecule has 3 aromatic carbocycles. The summed E-state index contributed by atoms with van der Waals surface area (Å²) >= 11 is 13.6. The second-order valence-corrected chi connectivity index (χ2v) is 11.4. The van der Waals surface area contributed by atoms with Gasteiger partial charge in [0.25, 0.3) is 5.56 Å². The molecule has 3 heterocycles. The van der Waals surface area contributed by atoms with Crippen LogP contribution in [0.5, 0.6) is 5.75 Å². The third-order valence-electron chi connectivity index (χ3n) is 6.62. The van der Waals surface area contributed by atoms with E-state index in [1.165, 1.54) is 15.9 Å². The summed E-state index contributed by atoms with van der Waals surface area (Å²) in [5.41, 5.74) is 4.82. The van der Waals surface area contributed by atoms with E-state index in [-0.39, 0.29) is 5.56 Å². The van der Waals surface area contributed by atoms with Gasteiger partial charge in [-0.3, -0.25) is 4.79 Å². The summed E-state index contributed by atoms with van der Waals surface area (Å²) in [5.74, 6) is 1.20. The Hall–Kier alpha value is -3.98. The first kappa shape index (κ1) is 27.2. The number of aromatic nitrogens is 5. The maximum absolute atomic E-state index is 13.4. The van der Waals surface area contributed by atoms with E-state index in [9.17, 15) is 4.79 Å². The molecule has 3 aromatic heterocycles. The zero-order chi connectivity index (χ0) is 28.5. The van der Waals surface area contributed by atoms with Gasteiger partial charge in [0, 0.05) is 27.9 Å². The fourth-order valence-corrected chi connectivity index (χ4v) is 5.89. The zero-order valence-electron chi connectivity index (χ0n) is 22.3. The predicted molar refractivity (Wildman–Crippen MR) is 166 cm³/mol. The normalized spacial score (nSPS) is 12.0. The molecule has 41 heavy (non-hydrogen) atoms. The van der Waals surface area contributed by atoms with Crippen molar-refractivity contribution in [2.75, 3.05) is 6.61 Å². The Labute approximate surface area is 250 Å². The second kappa shape index (κ2) is 11.5. The molecule has 0 atom stereocenters. The van der Waals surface area contributed by atoms with E-state index < -0.39 is 0 Å². The van der Waals surface area contributed by atoms with Gasteiger partial charge in [-0.1, -0.05) is 66.1 Å². The van der Waals surface area contributed by atoms with Gasteiger partial charge in [-0.05, 0) is 73.5 Å². The summed E-state index contributed by atoms with van der Waals surface area (Å²) in [6.45, 7) is 4.86. The molecular formula is C31H25Cl2N5O2S. The maximum atomic E-state index is 13.4. The quantitative estimate of drug-likeness (QED) is 0.175. The highest BCUT2D eigenvalue weighted by molar-refractivity contribution is 7.15. The number of unbranched alkanes of at least 4 members (excludes halogenated alkanes) is 1. The molecule has 0 fully saturated rings. The first-order chi connectivity index (χ1) is 19.9. The molecule has 0 aliphatic heterocycles. The van der Waals surface area contributed by atoms with E-state index in [4.69, 9.17) is 33.0 Å². The summed E-state index contributed by atoms with van der Waals surface area (Å²) in [6, 6.07) is 21.0. The Morgan fingerprint density at radius 3 is 2.54 bits per heavy atom. The van der Waals surface area contributed by atoms with Crippen LogP contribution in [0.15, 0.2) is 77.7 Å². The van der Waals surface area contributed by atoms with Crippen molar-refractivity contribution in [3.63, 3.8) is 0 Å². The fraction of sp³-hybridized carbons (Fsp3) is 0.161. The fourth-order valence-electron chi connectivity index (χ4n) is 4.50. The minimum absolute atomic E-state index is 0.261. The maximum Gasteiger partial charge on any atom is 0.291 e. The standard InChI is InChI=1S/C31H25Cl2N5O2S/c1-3-4-14-40-23-11-13-24(19(2)15-23)28-20(18-37(35-28)22-8-6-5-7-9-22)16-27-30(39)38-31(41-27)34-29(36-38)25-12-10-21(32)17-26(25)33/h5-13,15-18H,3-4,14H2,1-2H3. The molecule has 0 amide bonds. The first-order valence-electron chi connectivity index (χ1n) is 13.2. The summed E-state index contributed by atoms with van der Waals surface area (Å²) < 4.78 is 9.55. The number of hydrogen-bond acceptors (Lipinski definition) is 6. The molecule has 6 rings (SSSR count). The van der Waals surface area contributed by atoms with Crippen LogP contribution in [-0.4, -0.2) is 31.0 Å². The molecule has 0 aliphatic rings. The van der Waals surface area contributed by atoms with Crippen molar-refractivity contribution in [3.05, 3.63) is 109 Å². The van der Waals surface area contributed by atoms with Gasteiger partial charge in [0.05, 0.1) is 21.8 Å². The number of halogens is 2. The Kier molecular flexibility index (Phi) is 7.62. The lowest BCUT2D eigenvalue weighted by atomic mass is 10.0. The number of ether oxygens (including phenoxy) is 1. The Morgan fingerprint density at radius 2 is 1.80 bits per heavy atom. The molecule has 0 aliphatic carbocycles. The Morgan fingerprint density at radius 1 is 1.00 bits per heavy atom. The SMILES string of the molecule is CCCCOc1ccc(-c2nn(-c3ccccc3)cc2C=c2sc3nc(-c4ccc(Cl)cc4Cl)nn3c2=O)c(C)c1. The number of hydrogen-bond donors (Lipinski definition) is 0. The van der Waals surface area contributed by atoms with Crippen molar-refractivity contribution in [2.24, 2.45) is 0 Å². The Balaban J connectivity index is 1.44. The summed E-state index contributed by atoms with van der Waals surface area (Å²) in [6.07, 6.45) is 5.87. The van der Waals surface area contributed by atoms with Crippen LogP contribution in [-0.2, 0) is 0 Å². The lowest BCUT2D eigenvalue weighted by Gasteiger charge is -2.09. The number of benzene rings is 3. The summed E-state index contributed by atoms with van der Waals surface area (Å²) in [7, 11) is 0. The molecule has 0 saturated heterocycles. The van der Waals surface area contributed by atoms with Crippen LogP contribution in [0.3, 0.4) is 0 Å². The van der Waals surface area contributed by atoms with E-state index >= 15 is 0 Å². The first-order valence-corrected chi connectivity index (χ1v) is 14.7. The van der Waals surface area contributed by atoms with Crippen molar-refractivity contribution < 1.29 is 4.74 Å². The van der Waals surface area contributed by atoms with Crippen molar-refractivity contribution in [1.29, 1.82) is 0 Å². The van der Waals surface area contributed by atoms with Crippen LogP contribution in [0, 0.1) is 6.92 Å². The summed E-state index contributed by atoms with van der Waals surface area (Å²) in [4.78, 5) is 18.5. The third-order valence-corrected chi connectivity index (χ3v) is 8.13. The largest absolute Gasteiger partial charge is 0.494 e. The molecule has 0 spiro atoms. The topological polar surface area (TPSA) is 74.3 Å². The van der Waals surface area contributed by atoms with E-state index in [1.807, 2.05) is 72.4 Å². The van der Waals surface area contributed by atoms with E-state index in [0.29, 0.717) is 37.5 Å².